The molecular weight excluding hydrogens is 629 g/mol. The quantitative estimate of drug-likeness (QED) is 0.0255. The number of carbonyl (C=O) groups excluding carboxylic acids is 2. The Bertz CT molecular complexity index is 851. The molecule has 2 atom stereocenters. The molecule has 0 aromatic carbocycles. The zero-order valence-electron chi connectivity index (χ0n) is 30.7. The van der Waals surface area contributed by atoms with Crippen LogP contribution in [0.1, 0.15) is 174 Å². The summed E-state index contributed by atoms with van der Waals surface area (Å²) in [6.07, 6.45) is 35.5. The van der Waals surface area contributed by atoms with E-state index in [1.807, 2.05) is 0 Å². The van der Waals surface area contributed by atoms with E-state index in [2.05, 4.69) is 43.5 Å². The SMILES string of the molecule is CCCCC/C=C\C/C=C\CCCCCCCCCCCC(=O)NCCOP(=O)(O)OCC(O)COC(=O)CCCCCCCCCC. The first-order valence-electron chi connectivity index (χ1n) is 19.3. The van der Waals surface area contributed by atoms with Crippen molar-refractivity contribution < 1.29 is 37.9 Å². The van der Waals surface area contributed by atoms with Crippen molar-refractivity contribution in [3.05, 3.63) is 24.3 Å². The molecule has 1 amide bonds. The maximum Gasteiger partial charge on any atom is 0.472 e. The average Bonchev–Trinajstić information content (AvgIpc) is 3.07. The van der Waals surface area contributed by atoms with E-state index in [-0.39, 0.29) is 32.1 Å². The first kappa shape index (κ1) is 46.5. The predicted octanol–water partition coefficient (Wildman–Crippen LogP) is 10.0. The van der Waals surface area contributed by atoms with Crippen LogP contribution in [0.3, 0.4) is 0 Å². The van der Waals surface area contributed by atoms with Crippen LogP contribution in [0.15, 0.2) is 24.3 Å². The van der Waals surface area contributed by atoms with Gasteiger partial charge in [-0.25, -0.2) is 4.57 Å². The Morgan fingerprint density at radius 3 is 1.71 bits per heavy atom. The van der Waals surface area contributed by atoms with Crippen LogP contribution in [0.4, 0.5) is 0 Å². The van der Waals surface area contributed by atoms with Crippen LogP contribution in [0, 0.1) is 0 Å². The number of hydrogen-bond donors (Lipinski definition) is 3. The number of phosphoric acid groups is 1. The van der Waals surface area contributed by atoms with Crippen LogP contribution in [0.2, 0.25) is 0 Å². The highest BCUT2D eigenvalue weighted by atomic mass is 31.2. The van der Waals surface area contributed by atoms with Crippen molar-refractivity contribution in [3.63, 3.8) is 0 Å². The molecular formula is C38H72NO8P. The molecule has 2 unspecified atom stereocenters. The van der Waals surface area contributed by atoms with Gasteiger partial charge in [-0.05, 0) is 44.9 Å². The topological polar surface area (TPSA) is 131 Å². The number of amides is 1. The van der Waals surface area contributed by atoms with Crippen LogP contribution >= 0.6 is 7.82 Å². The van der Waals surface area contributed by atoms with Gasteiger partial charge >= 0.3 is 13.8 Å². The molecule has 10 heteroatoms. The highest BCUT2D eigenvalue weighted by Crippen LogP contribution is 2.42. The van der Waals surface area contributed by atoms with Crippen molar-refractivity contribution in [1.82, 2.24) is 5.32 Å². The van der Waals surface area contributed by atoms with Crippen LogP contribution < -0.4 is 5.32 Å². The monoisotopic (exact) mass is 701 g/mol. The summed E-state index contributed by atoms with van der Waals surface area (Å²) in [6, 6.07) is 0. The Hall–Kier alpha value is -1.51. The number of carbonyl (C=O) groups is 2. The van der Waals surface area contributed by atoms with E-state index in [1.54, 1.807) is 0 Å². The molecule has 0 aliphatic rings. The fraction of sp³-hybridized carbons (Fsp3) is 0.842. The summed E-state index contributed by atoms with van der Waals surface area (Å²) in [5.41, 5.74) is 0. The van der Waals surface area contributed by atoms with E-state index in [0.29, 0.717) is 6.42 Å². The number of ether oxygens (including phenoxy) is 1. The summed E-state index contributed by atoms with van der Waals surface area (Å²) in [4.78, 5) is 33.7. The van der Waals surface area contributed by atoms with Crippen LogP contribution in [-0.2, 0) is 27.9 Å². The number of hydrogen-bond acceptors (Lipinski definition) is 7. The Labute approximate surface area is 293 Å². The van der Waals surface area contributed by atoms with Crippen LogP contribution in [0.5, 0.6) is 0 Å². The van der Waals surface area contributed by atoms with Gasteiger partial charge in [-0.15, -0.1) is 0 Å². The van der Waals surface area contributed by atoms with Gasteiger partial charge in [0.1, 0.15) is 12.7 Å². The lowest BCUT2D eigenvalue weighted by molar-refractivity contribution is -0.147. The standard InChI is InChI=1S/C38H72NO8P/c1-3-5-7-9-11-13-14-15-16-17-18-19-20-21-22-23-24-26-28-30-37(41)39-32-33-46-48(43,44)47-35-36(40)34-45-38(42)31-29-27-25-12-10-8-6-4-2/h11,13,15-16,36,40H,3-10,12,14,17-35H2,1-2H3,(H,39,41)(H,43,44)/b13-11-,16-15-. The van der Waals surface area contributed by atoms with Crippen LogP contribution in [-0.4, -0.2) is 54.3 Å². The minimum Gasteiger partial charge on any atom is -0.463 e. The van der Waals surface area contributed by atoms with Crippen molar-refractivity contribution in [2.24, 2.45) is 0 Å². The van der Waals surface area contributed by atoms with Gasteiger partial charge in [0.2, 0.25) is 5.91 Å². The molecule has 48 heavy (non-hydrogen) atoms. The Morgan fingerprint density at radius 2 is 1.12 bits per heavy atom. The molecule has 0 rings (SSSR count). The number of nitrogens with one attached hydrogen (secondary N) is 1. The maximum absolute atomic E-state index is 12.0. The van der Waals surface area contributed by atoms with Crippen molar-refractivity contribution in [2.45, 2.75) is 180 Å². The van der Waals surface area contributed by atoms with E-state index in [9.17, 15) is 24.2 Å². The van der Waals surface area contributed by atoms with Gasteiger partial charge in [0.05, 0.1) is 13.2 Å². The Kier molecular flexibility index (Phi) is 34.2. The van der Waals surface area contributed by atoms with E-state index >= 15 is 0 Å². The highest BCUT2D eigenvalue weighted by Gasteiger charge is 2.23. The van der Waals surface area contributed by atoms with Gasteiger partial charge in [0.25, 0.3) is 0 Å². The molecule has 0 saturated heterocycles. The number of aliphatic hydroxyl groups is 1. The van der Waals surface area contributed by atoms with Gasteiger partial charge in [0, 0.05) is 19.4 Å². The summed E-state index contributed by atoms with van der Waals surface area (Å²) < 4.78 is 26.7. The minimum absolute atomic E-state index is 0.0810. The molecule has 0 aliphatic heterocycles. The average molecular weight is 702 g/mol. The van der Waals surface area contributed by atoms with Gasteiger partial charge in [0.15, 0.2) is 0 Å². The van der Waals surface area contributed by atoms with E-state index in [4.69, 9.17) is 13.8 Å². The van der Waals surface area contributed by atoms with E-state index in [0.717, 1.165) is 44.9 Å². The second kappa shape index (κ2) is 35.3. The first-order valence-corrected chi connectivity index (χ1v) is 20.8. The number of aliphatic hydroxyl groups excluding tert-OH is 1. The number of allylic oxidation sites excluding steroid dienone is 4. The number of unbranched alkanes of at least 4 members (excludes halogenated alkanes) is 19. The fourth-order valence-electron chi connectivity index (χ4n) is 5.17. The first-order chi connectivity index (χ1) is 23.3. The summed E-state index contributed by atoms with van der Waals surface area (Å²) in [6.45, 7) is 3.48. The second-order valence-electron chi connectivity index (χ2n) is 12.9. The molecule has 3 N–H and O–H groups in total. The van der Waals surface area contributed by atoms with Crippen LogP contribution in [0.25, 0.3) is 0 Å². The lowest BCUT2D eigenvalue weighted by Crippen LogP contribution is -2.27. The smallest absolute Gasteiger partial charge is 0.463 e. The van der Waals surface area contributed by atoms with E-state index < -0.39 is 26.5 Å². The zero-order chi connectivity index (χ0) is 35.4. The number of rotatable bonds is 36. The summed E-state index contributed by atoms with van der Waals surface area (Å²) >= 11 is 0. The second-order valence-corrected chi connectivity index (χ2v) is 14.4. The third-order valence-electron chi connectivity index (χ3n) is 8.13. The highest BCUT2D eigenvalue weighted by molar-refractivity contribution is 7.47. The lowest BCUT2D eigenvalue weighted by Gasteiger charge is -2.15. The van der Waals surface area contributed by atoms with Crippen molar-refractivity contribution >= 4 is 19.7 Å². The van der Waals surface area contributed by atoms with Gasteiger partial charge in [-0.2, -0.15) is 0 Å². The number of esters is 1. The molecule has 282 valence electrons. The fourth-order valence-corrected chi connectivity index (χ4v) is 5.93. The normalized spacial score (nSPS) is 13.7. The molecule has 0 spiro atoms. The third-order valence-corrected chi connectivity index (χ3v) is 9.12. The summed E-state index contributed by atoms with van der Waals surface area (Å²) in [5.74, 6) is -0.523. The molecule has 0 saturated carbocycles. The molecule has 0 radical (unpaired) electrons. The zero-order valence-corrected chi connectivity index (χ0v) is 31.6. The summed E-state index contributed by atoms with van der Waals surface area (Å²) in [7, 11) is -4.40. The molecule has 0 heterocycles. The largest absolute Gasteiger partial charge is 0.472 e. The van der Waals surface area contributed by atoms with Gasteiger partial charge in [-0.1, -0.05) is 141 Å². The molecule has 0 aliphatic carbocycles. The molecule has 9 nitrogen and oxygen atoms in total. The molecule has 0 aromatic rings. The van der Waals surface area contributed by atoms with Crippen molar-refractivity contribution in [1.29, 1.82) is 0 Å². The lowest BCUT2D eigenvalue weighted by atomic mass is 10.1. The minimum atomic E-state index is -4.40. The predicted molar refractivity (Wildman–Crippen MR) is 197 cm³/mol. The molecule has 0 fully saturated rings. The van der Waals surface area contributed by atoms with E-state index in [1.165, 1.54) is 103 Å². The Morgan fingerprint density at radius 1 is 0.646 bits per heavy atom. The molecule has 0 bridgehead atoms. The maximum atomic E-state index is 12.0. The third kappa shape index (κ3) is 35.8. The van der Waals surface area contributed by atoms with Crippen molar-refractivity contribution in [2.75, 3.05) is 26.4 Å². The van der Waals surface area contributed by atoms with Crippen molar-refractivity contribution in [3.8, 4) is 0 Å². The Balaban J connectivity index is 3.59. The molecule has 0 aromatic heterocycles. The number of phosphoric ester groups is 1. The van der Waals surface area contributed by atoms with Gasteiger partial charge in [-0.3, -0.25) is 18.6 Å². The summed E-state index contributed by atoms with van der Waals surface area (Å²) in [5, 5.41) is 12.6. The van der Waals surface area contributed by atoms with Gasteiger partial charge < -0.3 is 20.1 Å².